The van der Waals surface area contributed by atoms with Crippen LogP contribution in [0.4, 0.5) is 5.69 Å². The van der Waals surface area contributed by atoms with Gasteiger partial charge in [-0.05, 0) is 41.5 Å². The summed E-state index contributed by atoms with van der Waals surface area (Å²) in [5.74, 6) is 0.708. The highest BCUT2D eigenvalue weighted by Crippen LogP contribution is 2.23. The normalized spacial score (nSPS) is 13.6. The summed E-state index contributed by atoms with van der Waals surface area (Å²) in [7, 11) is 5.68. The minimum Gasteiger partial charge on any atom is -0.495 e. The first-order chi connectivity index (χ1) is 9.10. The van der Waals surface area contributed by atoms with E-state index in [1.807, 2.05) is 32.3 Å². The molecule has 1 aromatic rings. The van der Waals surface area contributed by atoms with E-state index >= 15 is 0 Å². The lowest BCUT2D eigenvalue weighted by Crippen LogP contribution is -2.09. The smallest absolute Gasteiger partial charge is 0.199 e. The van der Waals surface area contributed by atoms with Crippen molar-refractivity contribution in [2.24, 2.45) is 0 Å². The molecule has 0 aliphatic heterocycles. The first-order valence-electron chi connectivity index (χ1n) is 6.16. The topological polar surface area (TPSA) is 38.3 Å². The Hall–Kier alpha value is -2.29. The number of benzene rings is 1. The fourth-order valence-corrected chi connectivity index (χ4v) is 1.90. The van der Waals surface area contributed by atoms with Gasteiger partial charge in [-0.3, -0.25) is 0 Å². The number of nitrogens with two attached hydrogens (primary N) is 1. The van der Waals surface area contributed by atoms with Gasteiger partial charge in [-0.15, -0.1) is 0 Å². The largest absolute Gasteiger partial charge is 0.495 e. The van der Waals surface area contributed by atoms with E-state index in [-0.39, 0.29) is 0 Å². The van der Waals surface area contributed by atoms with Gasteiger partial charge in [0.2, 0.25) is 0 Å². The zero-order chi connectivity index (χ0) is 13.8. The standard InChI is InChI=1S/C16H19N2O/c1-18(2)14-7-4-12(5-8-14)10-13-6-9-16(19-3)15(17)11-13/h4-11H,17H2,1-3H3/q+1. The molecule has 98 valence electrons. The maximum absolute atomic E-state index is 5.90. The summed E-state index contributed by atoms with van der Waals surface area (Å²) in [5.41, 5.74) is 9.95. The molecule has 1 aliphatic rings. The molecule has 0 amide bonds. The number of hydrogen-bond donors (Lipinski definition) is 1. The van der Waals surface area contributed by atoms with Crippen LogP contribution in [0.2, 0.25) is 0 Å². The summed E-state index contributed by atoms with van der Waals surface area (Å²) in [6.07, 6.45) is 10.5. The van der Waals surface area contributed by atoms with Crippen molar-refractivity contribution < 1.29 is 9.31 Å². The molecule has 0 radical (unpaired) electrons. The van der Waals surface area contributed by atoms with Gasteiger partial charge < -0.3 is 10.5 Å². The minimum absolute atomic E-state index is 0.654. The number of hydrogen-bond acceptors (Lipinski definition) is 2. The third-order valence-corrected chi connectivity index (χ3v) is 3.00. The van der Waals surface area contributed by atoms with Crippen molar-refractivity contribution in [3.8, 4) is 5.75 Å². The van der Waals surface area contributed by atoms with Crippen LogP contribution < -0.4 is 10.5 Å². The monoisotopic (exact) mass is 255 g/mol. The number of nitrogens with zero attached hydrogens (tertiary/aromatic N) is 1. The highest BCUT2D eigenvalue weighted by Gasteiger charge is 2.04. The highest BCUT2D eigenvalue weighted by atomic mass is 16.5. The van der Waals surface area contributed by atoms with Gasteiger partial charge in [0.1, 0.15) is 19.8 Å². The zero-order valence-electron chi connectivity index (χ0n) is 11.6. The van der Waals surface area contributed by atoms with Crippen LogP contribution in [-0.4, -0.2) is 31.5 Å². The molecule has 0 heterocycles. The Balaban J connectivity index is 2.25. The molecular weight excluding hydrogens is 236 g/mol. The van der Waals surface area contributed by atoms with Gasteiger partial charge in [0.15, 0.2) is 5.71 Å². The molecule has 19 heavy (non-hydrogen) atoms. The lowest BCUT2D eigenvalue weighted by Gasteiger charge is -2.06. The Morgan fingerprint density at radius 1 is 1.11 bits per heavy atom. The van der Waals surface area contributed by atoms with E-state index in [2.05, 4.69) is 35.0 Å². The molecule has 1 aromatic carbocycles. The van der Waals surface area contributed by atoms with Gasteiger partial charge in [-0.2, -0.15) is 0 Å². The van der Waals surface area contributed by atoms with Crippen molar-refractivity contribution in [3.05, 3.63) is 53.6 Å². The molecule has 3 heteroatoms. The van der Waals surface area contributed by atoms with E-state index in [1.54, 1.807) is 7.11 Å². The molecule has 0 saturated heterocycles. The van der Waals surface area contributed by atoms with Crippen LogP contribution in [0, 0.1) is 0 Å². The first kappa shape index (κ1) is 13.1. The third-order valence-electron chi connectivity index (χ3n) is 3.00. The Kier molecular flexibility index (Phi) is 3.85. The predicted molar refractivity (Wildman–Crippen MR) is 80.8 cm³/mol. The van der Waals surface area contributed by atoms with E-state index in [0.717, 1.165) is 11.1 Å². The SMILES string of the molecule is COc1ccc(C=C2C=CC(=[N+](C)C)C=C2)cc1N. The van der Waals surface area contributed by atoms with Crippen LogP contribution in [0.25, 0.3) is 6.08 Å². The molecule has 0 saturated carbocycles. The number of rotatable bonds is 2. The van der Waals surface area contributed by atoms with Gasteiger partial charge in [-0.1, -0.05) is 6.07 Å². The minimum atomic E-state index is 0.654. The predicted octanol–water partition coefficient (Wildman–Crippen LogP) is 2.50. The molecule has 1 aliphatic carbocycles. The van der Waals surface area contributed by atoms with E-state index in [9.17, 15) is 0 Å². The van der Waals surface area contributed by atoms with E-state index in [0.29, 0.717) is 11.4 Å². The van der Waals surface area contributed by atoms with Crippen LogP contribution >= 0.6 is 0 Å². The summed E-state index contributed by atoms with van der Waals surface area (Å²) in [6, 6.07) is 5.79. The number of ether oxygens (including phenoxy) is 1. The third kappa shape index (κ3) is 3.13. The Labute approximate surface area is 114 Å². The summed E-state index contributed by atoms with van der Waals surface area (Å²) in [6.45, 7) is 0. The molecule has 0 fully saturated rings. The second-order valence-corrected chi connectivity index (χ2v) is 4.63. The van der Waals surface area contributed by atoms with Gasteiger partial charge in [0.05, 0.1) is 12.8 Å². The Bertz CT molecular complexity index is 585. The van der Waals surface area contributed by atoms with Gasteiger partial charge in [-0.25, -0.2) is 4.58 Å². The number of allylic oxidation sites excluding steroid dienone is 5. The first-order valence-corrected chi connectivity index (χ1v) is 6.16. The molecule has 0 atom stereocenters. The van der Waals surface area contributed by atoms with E-state index in [1.165, 1.54) is 5.71 Å². The number of anilines is 1. The van der Waals surface area contributed by atoms with Gasteiger partial charge in [0.25, 0.3) is 0 Å². The van der Waals surface area contributed by atoms with Crippen LogP contribution in [0.3, 0.4) is 0 Å². The van der Waals surface area contributed by atoms with Crippen LogP contribution in [0.5, 0.6) is 5.75 Å². The quantitative estimate of drug-likeness (QED) is 0.651. The second-order valence-electron chi connectivity index (χ2n) is 4.63. The number of methoxy groups -OCH3 is 1. The van der Waals surface area contributed by atoms with Crippen LogP contribution in [0.1, 0.15) is 5.56 Å². The van der Waals surface area contributed by atoms with Crippen molar-refractivity contribution in [2.75, 3.05) is 26.9 Å². The fourth-order valence-electron chi connectivity index (χ4n) is 1.90. The molecule has 3 nitrogen and oxygen atoms in total. The molecule has 0 spiro atoms. The van der Waals surface area contributed by atoms with Crippen LogP contribution in [-0.2, 0) is 0 Å². The van der Waals surface area contributed by atoms with E-state index < -0.39 is 0 Å². The van der Waals surface area contributed by atoms with Gasteiger partial charge >= 0.3 is 0 Å². The highest BCUT2D eigenvalue weighted by molar-refractivity contribution is 6.02. The summed E-state index contributed by atoms with van der Waals surface area (Å²) in [4.78, 5) is 0. The second kappa shape index (κ2) is 5.57. The van der Waals surface area contributed by atoms with Gasteiger partial charge in [0, 0.05) is 12.2 Å². The summed E-state index contributed by atoms with van der Waals surface area (Å²) in [5, 5.41) is 0. The molecular formula is C16H19N2O+. The van der Waals surface area contributed by atoms with Crippen molar-refractivity contribution in [3.63, 3.8) is 0 Å². The average Bonchev–Trinajstić information content (AvgIpc) is 2.39. The molecule has 0 unspecified atom stereocenters. The maximum Gasteiger partial charge on any atom is 0.199 e. The molecule has 0 aromatic heterocycles. The summed E-state index contributed by atoms with van der Waals surface area (Å²) < 4.78 is 7.23. The van der Waals surface area contributed by atoms with Crippen molar-refractivity contribution in [1.82, 2.24) is 0 Å². The average molecular weight is 255 g/mol. The van der Waals surface area contributed by atoms with Crippen LogP contribution in [0.15, 0.2) is 48.1 Å². The lowest BCUT2D eigenvalue weighted by molar-refractivity contribution is -0.462. The van der Waals surface area contributed by atoms with E-state index in [4.69, 9.17) is 10.5 Å². The Morgan fingerprint density at radius 2 is 1.79 bits per heavy atom. The summed E-state index contributed by atoms with van der Waals surface area (Å²) >= 11 is 0. The Morgan fingerprint density at radius 3 is 2.32 bits per heavy atom. The molecule has 0 bridgehead atoms. The number of nitrogen functional groups attached to an aromatic ring is 1. The molecule has 2 N–H and O–H groups in total. The zero-order valence-corrected chi connectivity index (χ0v) is 11.6. The van der Waals surface area contributed by atoms with Crippen molar-refractivity contribution in [1.29, 1.82) is 0 Å². The maximum atomic E-state index is 5.90. The van der Waals surface area contributed by atoms with Crippen molar-refractivity contribution >= 4 is 17.5 Å². The molecule has 2 rings (SSSR count). The lowest BCUT2D eigenvalue weighted by atomic mass is 10.0. The van der Waals surface area contributed by atoms with Crippen molar-refractivity contribution in [2.45, 2.75) is 0 Å². The fraction of sp³-hybridized carbons (Fsp3) is 0.188.